The van der Waals surface area contributed by atoms with E-state index in [1.165, 1.54) is 18.9 Å². The normalized spacial score (nSPS) is 17.6. The number of likely N-dealkylation sites (tertiary alicyclic amines) is 1. The summed E-state index contributed by atoms with van der Waals surface area (Å²) in [6.45, 7) is 5.07. The van der Waals surface area contributed by atoms with Crippen molar-refractivity contribution in [2.24, 2.45) is 0 Å². The van der Waals surface area contributed by atoms with Gasteiger partial charge in [-0.1, -0.05) is 11.6 Å². The fraction of sp³-hybridized carbons (Fsp3) is 0.538. The van der Waals surface area contributed by atoms with Crippen LogP contribution in [0.25, 0.3) is 0 Å². The molecule has 1 fully saturated rings. The van der Waals surface area contributed by atoms with Gasteiger partial charge in [0, 0.05) is 12.6 Å². The maximum atomic E-state index is 14.0. The van der Waals surface area contributed by atoms with E-state index < -0.39 is 5.82 Å². The van der Waals surface area contributed by atoms with Crippen molar-refractivity contribution in [3.63, 3.8) is 0 Å². The first-order valence-corrected chi connectivity index (χ1v) is 6.88. The standard InChI is InChI=1S/C13H20ClFN4/c1-8(7-19-4-2-3-5-19)18-13-10(17)6-9(16)11(14)12(13)15/h6,8,18H,2-5,7,16-17H2,1H3. The quantitative estimate of drug-likeness (QED) is 0.744. The molecule has 1 unspecified atom stereocenters. The molecule has 0 aromatic heterocycles. The van der Waals surface area contributed by atoms with Crippen LogP contribution in [-0.2, 0) is 0 Å². The maximum Gasteiger partial charge on any atom is 0.169 e. The van der Waals surface area contributed by atoms with E-state index in [9.17, 15) is 4.39 Å². The van der Waals surface area contributed by atoms with Crippen molar-refractivity contribution in [1.29, 1.82) is 0 Å². The molecule has 0 spiro atoms. The third-order valence-corrected chi connectivity index (χ3v) is 3.77. The number of rotatable bonds is 4. The lowest BCUT2D eigenvalue weighted by Crippen LogP contribution is -2.33. The summed E-state index contributed by atoms with van der Waals surface area (Å²) in [6, 6.07) is 1.57. The van der Waals surface area contributed by atoms with E-state index >= 15 is 0 Å². The number of anilines is 3. The zero-order chi connectivity index (χ0) is 14.0. The van der Waals surface area contributed by atoms with Crippen LogP contribution in [0, 0.1) is 5.82 Å². The Labute approximate surface area is 117 Å². The molecule has 1 aliphatic heterocycles. The average Bonchev–Trinajstić information content (AvgIpc) is 2.85. The number of halogens is 2. The second-order valence-corrected chi connectivity index (χ2v) is 5.49. The summed E-state index contributed by atoms with van der Waals surface area (Å²) in [5.74, 6) is -0.576. The summed E-state index contributed by atoms with van der Waals surface area (Å²) < 4.78 is 14.0. The van der Waals surface area contributed by atoms with Crippen LogP contribution in [0.4, 0.5) is 21.5 Å². The first kappa shape index (κ1) is 14.2. The molecule has 19 heavy (non-hydrogen) atoms. The van der Waals surface area contributed by atoms with Crippen LogP contribution in [0.2, 0.25) is 5.02 Å². The van der Waals surface area contributed by atoms with Gasteiger partial charge in [-0.25, -0.2) is 4.39 Å². The minimum Gasteiger partial charge on any atom is -0.397 e. The molecule has 1 atom stereocenters. The molecule has 6 heteroatoms. The van der Waals surface area contributed by atoms with E-state index in [4.69, 9.17) is 23.1 Å². The lowest BCUT2D eigenvalue weighted by Gasteiger charge is -2.23. The number of nitrogen functional groups attached to an aromatic ring is 2. The van der Waals surface area contributed by atoms with Crippen LogP contribution in [0.3, 0.4) is 0 Å². The molecular formula is C13H20ClFN4. The molecular weight excluding hydrogens is 267 g/mol. The Morgan fingerprint density at radius 1 is 1.37 bits per heavy atom. The molecule has 1 saturated heterocycles. The van der Waals surface area contributed by atoms with Crippen molar-refractivity contribution in [3.8, 4) is 0 Å². The van der Waals surface area contributed by atoms with Gasteiger partial charge in [-0.05, 0) is 38.9 Å². The highest BCUT2D eigenvalue weighted by Gasteiger charge is 2.18. The van der Waals surface area contributed by atoms with E-state index in [2.05, 4.69) is 10.2 Å². The van der Waals surface area contributed by atoms with Gasteiger partial charge < -0.3 is 21.7 Å². The molecule has 1 heterocycles. The fourth-order valence-corrected chi connectivity index (χ4v) is 2.61. The molecule has 0 amide bonds. The summed E-state index contributed by atoms with van der Waals surface area (Å²) >= 11 is 5.80. The Bertz CT molecular complexity index is 460. The molecule has 1 aliphatic rings. The Balaban J connectivity index is 2.07. The third kappa shape index (κ3) is 3.22. The van der Waals surface area contributed by atoms with Crippen LogP contribution in [0.15, 0.2) is 6.07 Å². The minimum atomic E-state index is -0.576. The molecule has 1 aromatic carbocycles. The predicted molar refractivity (Wildman–Crippen MR) is 79.0 cm³/mol. The second kappa shape index (κ2) is 5.84. The monoisotopic (exact) mass is 286 g/mol. The van der Waals surface area contributed by atoms with E-state index in [1.54, 1.807) is 0 Å². The molecule has 2 rings (SSSR count). The highest BCUT2D eigenvalue weighted by Crippen LogP contribution is 2.34. The predicted octanol–water partition coefficient (Wildman–Crippen LogP) is 2.54. The number of hydrogen-bond acceptors (Lipinski definition) is 4. The van der Waals surface area contributed by atoms with E-state index in [-0.39, 0.29) is 28.1 Å². The highest BCUT2D eigenvalue weighted by molar-refractivity contribution is 6.33. The zero-order valence-corrected chi connectivity index (χ0v) is 11.8. The van der Waals surface area contributed by atoms with Crippen LogP contribution in [0.5, 0.6) is 0 Å². The number of nitrogens with zero attached hydrogens (tertiary/aromatic N) is 1. The average molecular weight is 287 g/mol. The van der Waals surface area contributed by atoms with Gasteiger partial charge in [0.25, 0.3) is 0 Å². The van der Waals surface area contributed by atoms with E-state index in [1.807, 2.05) is 6.92 Å². The van der Waals surface area contributed by atoms with Crippen molar-refractivity contribution in [1.82, 2.24) is 4.90 Å². The van der Waals surface area contributed by atoms with Gasteiger partial charge in [0.15, 0.2) is 5.82 Å². The molecule has 1 aromatic rings. The number of nitrogens with two attached hydrogens (primary N) is 2. The first-order valence-electron chi connectivity index (χ1n) is 6.51. The van der Waals surface area contributed by atoms with Crippen molar-refractivity contribution in [3.05, 3.63) is 16.9 Å². The Morgan fingerprint density at radius 2 is 2.00 bits per heavy atom. The summed E-state index contributed by atoms with van der Waals surface area (Å²) in [5.41, 5.74) is 12.0. The van der Waals surface area contributed by atoms with E-state index in [0.29, 0.717) is 0 Å². The lowest BCUT2D eigenvalue weighted by molar-refractivity contribution is 0.327. The SMILES string of the molecule is CC(CN1CCCC1)Nc1c(N)cc(N)c(Cl)c1F. The molecule has 0 aliphatic carbocycles. The largest absolute Gasteiger partial charge is 0.397 e. The Hall–Kier alpha value is -1.20. The van der Waals surface area contributed by atoms with Crippen molar-refractivity contribution in [2.75, 3.05) is 36.4 Å². The van der Waals surface area contributed by atoms with Crippen molar-refractivity contribution < 1.29 is 4.39 Å². The van der Waals surface area contributed by atoms with Crippen molar-refractivity contribution in [2.45, 2.75) is 25.8 Å². The second-order valence-electron chi connectivity index (χ2n) is 5.11. The van der Waals surface area contributed by atoms with Gasteiger partial charge in [0.2, 0.25) is 0 Å². The minimum absolute atomic E-state index is 0.0786. The fourth-order valence-electron chi connectivity index (χ4n) is 2.46. The molecule has 4 nitrogen and oxygen atoms in total. The summed E-state index contributed by atoms with van der Waals surface area (Å²) in [7, 11) is 0. The van der Waals surface area contributed by atoms with E-state index in [0.717, 1.165) is 19.6 Å². The Morgan fingerprint density at radius 3 is 2.63 bits per heavy atom. The smallest absolute Gasteiger partial charge is 0.169 e. The first-order chi connectivity index (χ1) is 8.99. The number of hydrogen-bond donors (Lipinski definition) is 3. The lowest BCUT2D eigenvalue weighted by atomic mass is 10.2. The molecule has 5 N–H and O–H groups in total. The molecule has 0 radical (unpaired) electrons. The number of benzene rings is 1. The van der Waals surface area contributed by atoms with Gasteiger partial charge in [-0.2, -0.15) is 0 Å². The summed E-state index contributed by atoms with van der Waals surface area (Å²) in [4.78, 5) is 2.35. The molecule has 106 valence electrons. The van der Waals surface area contributed by atoms with Gasteiger partial charge in [-0.3, -0.25) is 0 Å². The van der Waals surface area contributed by atoms with Crippen molar-refractivity contribution >= 4 is 28.7 Å². The van der Waals surface area contributed by atoms with Crippen LogP contribution in [0.1, 0.15) is 19.8 Å². The number of nitrogens with one attached hydrogen (secondary N) is 1. The molecule has 0 saturated carbocycles. The zero-order valence-electron chi connectivity index (χ0n) is 11.0. The van der Waals surface area contributed by atoms with Gasteiger partial charge >= 0.3 is 0 Å². The van der Waals surface area contributed by atoms with Crippen LogP contribution >= 0.6 is 11.6 Å². The summed E-state index contributed by atoms with van der Waals surface area (Å²) in [6.07, 6.45) is 2.47. The summed E-state index contributed by atoms with van der Waals surface area (Å²) in [5, 5.41) is 3.01. The van der Waals surface area contributed by atoms with Gasteiger partial charge in [-0.15, -0.1) is 0 Å². The van der Waals surface area contributed by atoms with Gasteiger partial charge in [0.1, 0.15) is 5.02 Å². The molecule has 0 bridgehead atoms. The third-order valence-electron chi connectivity index (χ3n) is 3.39. The highest BCUT2D eigenvalue weighted by atomic mass is 35.5. The van der Waals surface area contributed by atoms with Crippen LogP contribution < -0.4 is 16.8 Å². The Kier molecular flexibility index (Phi) is 4.37. The van der Waals surface area contributed by atoms with Gasteiger partial charge in [0.05, 0.1) is 17.1 Å². The van der Waals surface area contributed by atoms with Crippen LogP contribution in [-0.4, -0.2) is 30.6 Å². The topological polar surface area (TPSA) is 67.3 Å². The maximum absolute atomic E-state index is 14.0.